The highest BCUT2D eigenvalue weighted by molar-refractivity contribution is 9.10. The number of aryl methyl sites for hydroxylation is 1. The number of hydrogen-bond donors (Lipinski definition) is 1. The molecule has 0 aliphatic rings. The molecule has 0 radical (unpaired) electrons. The molecule has 0 heterocycles. The monoisotopic (exact) mass is 285 g/mol. The van der Waals surface area contributed by atoms with Gasteiger partial charge in [-0.3, -0.25) is 4.79 Å². The highest BCUT2D eigenvalue weighted by Gasteiger charge is 2.04. The van der Waals surface area contributed by atoms with Crippen LogP contribution in [-0.2, 0) is 9.53 Å². The first-order valence-corrected chi connectivity index (χ1v) is 6.09. The van der Waals surface area contributed by atoms with Crippen LogP contribution in [0.5, 0.6) is 0 Å². The average Bonchev–Trinajstić information content (AvgIpc) is 2.23. The van der Waals surface area contributed by atoms with Gasteiger partial charge in [0.25, 0.3) is 0 Å². The molecule has 1 aromatic carbocycles. The van der Waals surface area contributed by atoms with E-state index in [1.165, 1.54) is 0 Å². The molecular formula is C12H16BrNO2. The standard InChI is InChI=1S/C12H16BrNO2/c1-3-16-11(15)7-8-14-12-9(2)5-4-6-10(12)13/h4-6,14H,3,7-8H2,1-2H3. The third-order valence-electron chi connectivity index (χ3n) is 2.16. The second-order valence-corrected chi connectivity index (χ2v) is 4.27. The highest BCUT2D eigenvalue weighted by atomic mass is 79.9. The fourth-order valence-electron chi connectivity index (χ4n) is 1.38. The zero-order chi connectivity index (χ0) is 12.0. The quantitative estimate of drug-likeness (QED) is 0.845. The summed E-state index contributed by atoms with van der Waals surface area (Å²) in [5, 5.41) is 3.22. The zero-order valence-electron chi connectivity index (χ0n) is 9.55. The molecule has 3 nitrogen and oxygen atoms in total. The van der Waals surface area contributed by atoms with Gasteiger partial charge in [0.1, 0.15) is 0 Å². The van der Waals surface area contributed by atoms with E-state index in [1.807, 2.05) is 32.0 Å². The molecule has 0 amide bonds. The molecule has 1 N–H and O–H groups in total. The molecule has 1 rings (SSSR count). The number of hydrogen-bond acceptors (Lipinski definition) is 3. The summed E-state index contributed by atoms with van der Waals surface area (Å²) >= 11 is 3.47. The van der Waals surface area contributed by atoms with Crippen molar-refractivity contribution in [2.75, 3.05) is 18.5 Å². The normalized spacial score (nSPS) is 9.94. The van der Waals surface area contributed by atoms with E-state index in [-0.39, 0.29) is 5.97 Å². The molecule has 0 aliphatic heterocycles. The summed E-state index contributed by atoms with van der Waals surface area (Å²) in [6, 6.07) is 5.98. The smallest absolute Gasteiger partial charge is 0.307 e. The summed E-state index contributed by atoms with van der Waals surface area (Å²) in [6.07, 6.45) is 0.384. The van der Waals surface area contributed by atoms with Crippen LogP contribution in [0.2, 0.25) is 0 Å². The number of anilines is 1. The molecule has 0 spiro atoms. The Hall–Kier alpha value is -1.03. The summed E-state index contributed by atoms with van der Waals surface area (Å²) in [4.78, 5) is 11.1. The number of para-hydroxylation sites is 1. The first-order chi connectivity index (χ1) is 7.65. The molecule has 0 unspecified atom stereocenters. The number of rotatable bonds is 5. The summed E-state index contributed by atoms with van der Waals surface area (Å²) in [6.45, 7) is 4.86. The first-order valence-electron chi connectivity index (χ1n) is 5.29. The zero-order valence-corrected chi connectivity index (χ0v) is 11.1. The van der Waals surface area contributed by atoms with Gasteiger partial charge >= 0.3 is 5.97 Å². The third kappa shape index (κ3) is 3.85. The van der Waals surface area contributed by atoms with Crippen LogP contribution in [-0.4, -0.2) is 19.1 Å². The van der Waals surface area contributed by atoms with Gasteiger partial charge in [-0.2, -0.15) is 0 Å². The van der Waals surface area contributed by atoms with Crippen LogP contribution in [0, 0.1) is 6.92 Å². The van der Waals surface area contributed by atoms with Gasteiger partial charge in [-0.05, 0) is 41.4 Å². The van der Waals surface area contributed by atoms with E-state index in [0.29, 0.717) is 19.6 Å². The Kier molecular flexibility index (Phi) is 5.32. The summed E-state index contributed by atoms with van der Waals surface area (Å²) in [7, 11) is 0. The van der Waals surface area contributed by atoms with E-state index in [9.17, 15) is 4.79 Å². The van der Waals surface area contributed by atoms with Crippen LogP contribution >= 0.6 is 15.9 Å². The SMILES string of the molecule is CCOC(=O)CCNc1c(C)cccc1Br. The largest absolute Gasteiger partial charge is 0.466 e. The molecule has 88 valence electrons. The maximum atomic E-state index is 11.1. The third-order valence-corrected chi connectivity index (χ3v) is 2.82. The number of carbonyl (C=O) groups is 1. The Morgan fingerprint density at radius 3 is 2.88 bits per heavy atom. The number of halogens is 1. The Morgan fingerprint density at radius 2 is 2.25 bits per heavy atom. The van der Waals surface area contributed by atoms with Crippen molar-refractivity contribution in [2.45, 2.75) is 20.3 Å². The van der Waals surface area contributed by atoms with Gasteiger partial charge < -0.3 is 10.1 Å². The van der Waals surface area contributed by atoms with Crippen LogP contribution in [0.15, 0.2) is 22.7 Å². The van der Waals surface area contributed by atoms with E-state index in [1.54, 1.807) is 0 Å². The Morgan fingerprint density at radius 1 is 1.50 bits per heavy atom. The summed E-state index contributed by atoms with van der Waals surface area (Å²) in [5.74, 6) is -0.167. The average molecular weight is 286 g/mol. The number of nitrogens with one attached hydrogen (secondary N) is 1. The second kappa shape index (κ2) is 6.53. The van der Waals surface area contributed by atoms with Crippen LogP contribution in [0.25, 0.3) is 0 Å². The predicted octanol–water partition coefficient (Wildman–Crippen LogP) is 3.12. The minimum absolute atomic E-state index is 0.167. The maximum absolute atomic E-state index is 11.1. The van der Waals surface area contributed by atoms with Gasteiger partial charge in [0.2, 0.25) is 0 Å². The Balaban J connectivity index is 2.46. The number of ether oxygens (including phenoxy) is 1. The Labute approximate surface area is 104 Å². The number of esters is 1. The van der Waals surface area contributed by atoms with Crippen molar-refractivity contribution in [3.05, 3.63) is 28.2 Å². The van der Waals surface area contributed by atoms with Crippen molar-refractivity contribution < 1.29 is 9.53 Å². The number of benzene rings is 1. The van der Waals surface area contributed by atoms with Gasteiger partial charge in [0.05, 0.1) is 18.7 Å². The van der Waals surface area contributed by atoms with Crippen molar-refractivity contribution in [1.29, 1.82) is 0 Å². The van der Waals surface area contributed by atoms with E-state index in [2.05, 4.69) is 21.2 Å². The molecule has 16 heavy (non-hydrogen) atoms. The van der Waals surface area contributed by atoms with Gasteiger partial charge in [0.15, 0.2) is 0 Å². The lowest BCUT2D eigenvalue weighted by Gasteiger charge is -2.11. The molecular weight excluding hydrogens is 270 g/mol. The fourth-order valence-corrected chi connectivity index (χ4v) is 1.98. The molecule has 0 atom stereocenters. The lowest BCUT2D eigenvalue weighted by Crippen LogP contribution is -2.12. The minimum atomic E-state index is -0.167. The topological polar surface area (TPSA) is 38.3 Å². The van der Waals surface area contributed by atoms with Gasteiger partial charge in [-0.1, -0.05) is 12.1 Å². The molecule has 0 saturated heterocycles. The number of carbonyl (C=O) groups excluding carboxylic acids is 1. The van der Waals surface area contributed by atoms with Crippen molar-refractivity contribution in [1.82, 2.24) is 0 Å². The highest BCUT2D eigenvalue weighted by Crippen LogP contribution is 2.25. The summed E-state index contributed by atoms with van der Waals surface area (Å²) in [5.41, 5.74) is 2.19. The van der Waals surface area contributed by atoms with Crippen molar-refractivity contribution >= 4 is 27.6 Å². The molecule has 0 saturated carbocycles. The molecule has 0 bridgehead atoms. The Bertz CT molecular complexity index is 346. The molecule has 1 aromatic rings. The van der Waals surface area contributed by atoms with Crippen LogP contribution in [0.4, 0.5) is 5.69 Å². The minimum Gasteiger partial charge on any atom is -0.466 e. The van der Waals surface area contributed by atoms with Gasteiger partial charge in [0, 0.05) is 11.0 Å². The van der Waals surface area contributed by atoms with Crippen molar-refractivity contribution in [3.8, 4) is 0 Å². The maximum Gasteiger partial charge on any atom is 0.307 e. The van der Waals surface area contributed by atoms with Crippen LogP contribution < -0.4 is 5.32 Å². The first kappa shape index (κ1) is 13.0. The molecule has 0 aromatic heterocycles. The molecule has 4 heteroatoms. The fraction of sp³-hybridized carbons (Fsp3) is 0.417. The van der Waals surface area contributed by atoms with Crippen molar-refractivity contribution in [2.24, 2.45) is 0 Å². The molecule has 0 fully saturated rings. The van der Waals surface area contributed by atoms with Crippen LogP contribution in [0.1, 0.15) is 18.9 Å². The van der Waals surface area contributed by atoms with E-state index in [0.717, 1.165) is 15.7 Å². The van der Waals surface area contributed by atoms with Crippen molar-refractivity contribution in [3.63, 3.8) is 0 Å². The van der Waals surface area contributed by atoms with E-state index < -0.39 is 0 Å². The van der Waals surface area contributed by atoms with Gasteiger partial charge in [-0.25, -0.2) is 0 Å². The van der Waals surface area contributed by atoms with Crippen LogP contribution in [0.3, 0.4) is 0 Å². The van der Waals surface area contributed by atoms with Gasteiger partial charge in [-0.15, -0.1) is 0 Å². The molecule has 0 aliphatic carbocycles. The van der Waals surface area contributed by atoms with E-state index in [4.69, 9.17) is 4.74 Å². The lowest BCUT2D eigenvalue weighted by atomic mass is 10.2. The second-order valence-electron chi connectivity index (χ2n) is 3.41. The van der Waals surface area contributed by atoms with E-state index >= 15 is 0 Å². The lowest BCUT2D eigenvalue weighted by molar-refractivity contribution is -0.142. The summed E-state index contributed by atoms with van der Waals surface area (Å²) < 4.78 is 5.86. The predicted molar refractivity (Wildman–Crippen MR) is 68.6 cm³/mol.